The minimum Gasteiger partial charge on any atom is -0.410 e. The lowest BCUT2D eigenvalue weighted by atomic mass is 10.1. The number of benzene rings is 1. The molecule has 0 radical (unpaired) electrons. The fraction of sp³-hybridized carbons (Fsp3) is 0.250. The molecule has 1 N–H and O–H groups in total. The summed E-state index contributed by atoms with van der Waals surface area (Å²) in [4.78, 5) is 17.6. The zero-order chi connectivity index (χ0) is 16.4. The zero-order valence-corrected chi connectivity index (χ0v) is 12.4. The lowest BCUT2D eigenvalue weighted by Gasteiger charge is -2.39. The summed E-state index contributed by atoms with van der Waals surface area (Å²) < 4.78 is 30.9. The highest BCUT2D eigenvalue weighted by atomic mass is 19.3. The average molecular weight is 319 g/mol. The van der Waals surface area contributed by atoms with Crippen molar-refractivity contribution in [3.8, 4) is 5.75 Å². The maximum Gasteiger partial charge on any atom is 0.417 e. The molecule has 3 rings (SSSR count). The van der Waals surface area contributed by atoms with Crippen LogP contribution in [0.1, 0.15) is 5.69 Å². The van der Waals surface area contributed by atoms with Gasteiger partial charge in [-0.1, -0.05) is 18.2 Å². The number of alkyl halides is 2. The van der Waals surface area contributed by atoms with Crippen LogP contribution in [-0.2, 0) is 0 Å². The number of aromatic nitrogens is 1. The Hall–Kier alpha value is -2.70. The molecule has 7 heteroatoms. The van der Waals surface area contributed by atoms with Gasteiger partial charge in [0.15, 0.2) is 0 Å². The highest BCUT2D eigenvalue weighted by molar-refractivity contribution is 5.87. The minimum atomic E-state index is -2.65. The van der Waals surface area contributed by atoms with E-state index in [1.165, 1.54) is 4.90 Å². The summed E-state index contributed by atoms with van der Waals surface area (Å²) in [5.41, 5.74) is 1.00. The Kier molecular flexibility index (Phi) is 3.85. The summed E-state index contributed by atoms with van der Waals surface area (Å²) >= 11 is 0. The zero-order valence-electron chi connectivity index (χ0n) is 12.4. The number of pyridine rings is 1. The fourth-order valence-electron chi connectivity index (χ4n) is 2.26. The van der Waals surface area contributed by atoms with Crippen molar-refractivity contribution in [1.82, 2.24) is 4.98 Å². The van der Waals surface area contributed by atoms with Crippen LogP contribution in [0.2, 0.25) is 0 Å². The third kappa shape index (κ3) is 3.56. The Labute approximate surface area is 131 Å². The van der Waals surface area contributed by atoms with Crippen LogP contribution >= 0.6 is 0 Å². The first-order chi connectivity index (χ1) is 10.9. The molecule has 1 fully saturated rings. The number of hydrogen-bond acceptors (Lipinski definition) is 4. The van der Waals surface area contributed by atoms with E-state index in [0.29, 0.717) is 22.9 Å². The second-order valence-electron chi connectivity index (χ2n) is 5.34. The molecule has 1 aliphatic heterocycles. The largest absolute Gasteiger partial charge is 0.417 e. The number of amides is 1. The normalized spacial score (nSPS) is 15.7. The van der Waals surface area contributed by atoms with E-state index >= 15 is 0 Å². The van der Waals surface area contributed by atoms with E-state index < -0.39 is 12.0 Å². The van der Waals surface area contributed by atoms with Crippen molar-refractivity contribution in [1.29, 1.82) is 0 Å². The van der Waals surface area contributed by atoms with Gasteiger partial charge in [-0.05, 0) is 31.2 Å². The predicted octanol–water partition coefficient (Wildman–Crippen LogP) is 3.46. The molecule has 1 amide bonds. The summed E-state index contributed by atoms with van der Waals surface area (Å²) in [6.45, 7) is 1.03. The summed E-state index contributed by atoms with van der Waals surface area (Å²) in [7, 11) is 0. The number of hydrogen-bond donors (Lipinski definition) is 1. The first-order valence-electron chi connectivity index (χ1n) is 7.07. The standard InChI is InChI=1S/C16H15F2N3O2/c1-11-13(20-15(22)23-12-5-3-2-4-6-12)7-8-14(19-11)21-9-16(17,18)10-21/h2-8H,9-10H2,1H3,(H,20,22). The summed E-state index contributed by atoms with van der Waals surface area (Å²) in [5, 5.41) is 2.59. The van der Waals surface area contributed by atoms with Gasteiger partial charge in [-0.15, -0.1) is 0 Å². The van der Waals surface area contributed by atoms with Crippen molar-refractivity contribution in [2.75, 3.05) is 23.3 Å². The molecule has 1 aliphatic rings. The van der Waals surface area contributed by atoms with E-state index in [2.05, 4.69) is 10.3 Å². The fourth-order valence-corrected chi connectivity index (χ4v) is 2.26. The molecule has 0 atom stereocenters. The van der Waals surface area contributed by atoms with Gasteiger partial charge >= 0.3 is 6.09 Å². The molecule has 1 saturated heterocycles. The van der Waals surface area contributed by atoms with Gasteiger partial charge in [0.05, 0.1) is 24.5 Å². The molecule has 0 aliphatic carbocycles. The van der Waals surface area contributed by atoms with E-state index in [4.69, 9.17) is 4.74 Å². The number of anilines is 2. The van der Waals surface area contributed by atoms with Gasteiger partial charge in [-0.2, -0.15) is 0 Å². The van der Waals surface area contributed by atoms with Crippen LogP contribution in [-0.4, -0.2) is 30.1 Å². The number of nitrogens with one attached hydrogen (secondary N) is 1. The van der Waals surface area contributed by atoms with E-state index in [1.54, 1.807) is 43.3 Å². The van der Waals surface area contributed by atoms with Crippen molar-refractivity contribution in [3.63, 3.8) is 0 Å². The number of ether oxygens (including phenoxy) is 1. The van der Waals surface area contributed by atoms with Gasteiger partial charge in [-0.3, -0.25) is 5.32 Å². The van der Waals surface area contributed by atoms with Gasteiger partial charge < -0.3 is 9.64 Å². The van der Waals surface area contributed by atoms with Crippen LogP contribution in [0.25, 0.3) is 0 Å². The molecule has 0 unspecified atom stereocenters. The second-order valence-corrected chi connectivity index (χ2v) is 5.34. The second kappa shape index (κ2) is 5.83. The van der Waals surface area contributed by atoms with Crippen LogP contribution < -0.4 is 15.0 Å². The lowest BCUT2D eigenvalue weighted by Crippen LogP contribution is -2.56. The monoisotopic (exact) mass is 319 g/mol. The Morgan fingerprint density at radius 2 is 1.91 bits per heavy atom. The van der Waals surface area contributed by atoms with Crippen LogP contribution in [0, 0.1) is 6.92 Å². The maximum atomic E-state index is 12.9. The van der Waals surface area contributed by atoms with Gasteiger partial charge in [-0.25, -0.2) is 18.6 Å². The molecule has 120 valence electrons. The van der Waals surface area contributed by atoms with Crippen LogP contribution in [0.3, 0.4) is 0 Å². The van der Waals surface area contributed by atoms with E-state index in [1.807, 2.05) is 6.07 Å². The Morgan fingerprint density at radius 3 is 2.52 bits per heavy atom. The number of nitrogens with zero attached hydrogens (tertiary/aromatic N) is 2. The van der Waals surface area contributed by atoms with Crippen molar-refractivity contribution < 1.29 is 18.3 Å². The SMILES string of the molecule is Cc1nc(N2CC(F)(F)C2)ccc1NC(=O)Oc1ccccc1. The van der Waals surface area contributed by atoms with E-state index in [-0.39, 0.29) is 13.1 Å². The van der Waals surface area contributed by atoms with E-state index in [0.717, 1.165) is 0 Å². The van der Waals surface area contributed by atoms with Gasteiger partial charge in [0.2, 0.25) is 0 Å². The van der Waals surface area contributed by atoms with Gasteiger partial charge in [0.25, 0.3) is 5.92 Å². The molecule has 2 aromatic rings. The number of aryl methyl sites for hydroxylation is 1. The number of halogens is 2. The topological polar surface area (TPSA) is 54.5 Å². The minimum absolute atomic E-state index is 0.331. The molecular weight excluding hydrogens is 304 g/mol. The molecule has 23 heavy (non-hydrogen) atoms. The first kappa shape index (κ1) is 15.2. The summed E-state index contributed by atoms with van der Waals surface area (Å²) in [6.07, 6.45) is -0.635. The third-order valence-corrected chi connectivity index (χ3v) is 3.43. The molecule has 1 aromatic heterocycles. The average Bonchev–Trinajstić information content (AvgIpc) is 2.48. The van der Waals surface area contributed by atoms with Crippen molar-refractivity contribution in [2.24, 2.45) is 0 Å². The van der Waals surface area contributed by atoms with Crippen LogP contribution in [0.5, 0.6) is 5.75 Å². The molecule has 0 bridgehead atoms. The number of carbonyl (C=O) groups excluding carboxylic acids is 1. The molecule has 5 nitrogen and oxygen atoms in total. The van der Waals surface area contributed by atoms with E-state index in [9.17, 15) is 13.6 Å². The Bertz CT molecular complexity index is 715. The highest BCUT2D eigenvalue weighted by Crippen LogP contribution is 2.31. The van der Waals surface area contributed by atoms with Crippen LogP contribution in [0.15, 0.2) is 42.5 Å². The van der Waals surface area contributed by atoms with Gasteiger partial charge in [0, 0.05) is 0 Å². The number of para-hydroxylation sites is 1. The molecule has 0 spiro atoms. The number of carbonyl (C=O) groups is 1. The molecule has 2 heterocycles. The molecular formula is C16H15F2N3O2. The van der Waals surface area contributed by atoms with Crippen LogP contribution in [0.4, 0.5) is 25.1 Å². The summed E-state index contributed by atoms with van der Waals surface area (Å²) in [5.74, 6) is -1.75. The first-order valence-corrected chi connectivity index (χ1v) is 7.07. The smallest absolute Gasteiger partial charge is 0.410 e. The lowest BCUT2D eigenvalue weighted by molar-refractivity contribution is -0.0267. The predicted molar refractivity (Wildman–Crippen MR) is 82.2 cm³/mol. The quantitative estimate of drug-likeness (QED) is 0.941. The van der Waals surface area contributed by atoms with Crippen molar-refractivity contribution >= 4 is 17.6 Å². The Morgan fingerprint density at radius 1 is 1.22 bits per heavy atom. The third-order valence-electron chi connectivity index (χ3n) is 3.43. The highest BCUT2D eigenvalue weighted by Gasteiger charge is 2.44. The molecule has 0 saturated carbocycles. The van der Waals surface area contributed by atoms with Gasteiger partial charge in [0.1, 0.15) is 11.6 Å². The molecule has 1 aromatic carbocycles. The maximum absolute atomic E-state index is 12.9. The Balaban J connectivity index is 1.63. The van der Waals surface area contributed by atoms with Crippen molar-refractivity contribution in [2.45, 2.75) is 12.8 Å². The summed E-state index contributed by atoms with van der Waals surface area (Å²) in [6, 6.07) is 11.9. The van der Waals surface area contributed by atoms with Crippen molar-refractivity contribution in [3.05, 3.63) is 48.2 Å². The number of rotatable bonds is 3.